The van der Waals surface area contributed by atoms with Gasteiger partial charge >= 0.3 is 0 Å². The van der Waals surface area contributed by atoms with Crippen molar-refractivity contribution in [3.63, 3.8) is 0 Å². The van der Waals surface area contributed by atoms with Crippen LogP contribution in [-0.2, 0) is 34.5 Å². The van der Waals surface area contributed by atoms with Gasteiger partial charge in [-0.05, 0) is 61.3 Å². The van der Waals surface area contributed by atoms with Crippen LogP contribution in [0.5, 0.6) is 5.75 Å². The van der Waals surface area contributed by atoms with Crippen molar-refractivity contribution < 1.29 is 18.6 Å². The van der Waals surface area contributed by atoms with E-state index < -0.39 is 26.4 Å². The number of nitrogens with zero attached hydrogens (tertiary/aromatic N) is 1. The van der Waals surface area contributed by atoms with E-state index in [-0.39, 0.29) is 23.1 Å². The maximum Gasteiger partial charge on any atom is 0.266 e. The monoisotopic (exact) mass is 416 g/mol. The minimum atomic E-state index is -3.67. The fourth-order valence-corrected chi connectivity index (χ4v) is 6.65. The van der Waals surface area contributed by atoms with E-state index in [1.54, 1.807) is 12.1 Å². The zero-order chi connectivity index (χ0) is 20.8. The Hall–Kier alpha value is -2.16. The normalized spacial score (nSPS) is 30.9. The van der Waals surface area contributed by atoms with E-state index >= 15 is 0 Å². The summed E-state index contributed by atoms with van der Waals surface area (Å²) < 4.78 is 24.1. The van der Waals surface area contributed by atoms with Crippen LogP contribution >= 0.6 is 0 Å². The predicted octanol–water partition coefficient (Wildman–Crippen LogP) is 0.512. The molecular weight excluding hydrogens is 392 g/mol. The number of piperidine rings is 1. The van der Waals surface area contributed by atoms with Crippen molar-refractivity contribution in [1.29, 1.82) is 0 Å². The van der Waals surface area contributed by atoms with Crippen LogP contribution in [-0.4, -0.2) is 60.0 Å². The number of aromatic amines is 1. The molecule has 1 saturated heterocycles. The Balaban J connectivity index is 1.78. The quantitative estimate of drug-likeness (QED) is 0.625. The molecule has 0 unspecified atom stereocenters. The van der Waals surface area contributed by atoms with Crippen molar-refractivity contribution in [2.45, 2.75) is 47.6 Å². The van der Waals surface area contributed by atoms with Crippen LogP contribution in [0.4, 0.5) is 0 Å². The SMILES string of the molecule is CN1CC[C@]23Cc4[nH]c(=O)c(S(C)(=O)=O)cc4C[C@@]2(O)[C@H]1Cc1ccc(O)cc13. The lowest BCUT2D eigenvalue weighted by Crippen LogP contribution is -2.73. The first-order valence-electron chi connectivity index (χ1n) is 9.75. The number of phenolic OH excluding ortho intramolecular Hbond substituents is 1. The zero-order valence-electron chi connectivity index (χ0n) is 16.4. The van der Waals surface area contributed by atoms with E-state index in [4.69, 9.17) is 0 Å². The van der Waals surface area contributed by atoms with Gasteiger partial charge in [0.2, 0.25) is 0 Å². The summed E-state index contributed by atoms with van der Waals surface area (Å²) in [5, 5.41) is 22.3. The number of fused-ring (bicyclic) bond motifs is 2. The molecule has 3 N–H and O–H groups in total. The number of H-pyrrole nitrogens is 1. The Labute approximate surface area is 168 Å². The van der Waals surface area contributed by atoms with Crippen molar-refractivity contribution in [1.82, 2.24) is 9.88 Å². The number of hydrogen-bond donors (Lipinski definition) is 3. The Morgan fingerprint density at radius 3 is 2.69 bits per heavy atom. The number of likely N-dealkylation sites (tertiary alicyclic amines) is 1. The highest BCUT2D eigenvalue weighted by atomic mass is 32.2. The molecular formula is C21H24N2O5S. The van der Waals surface area contributed by atoms with Gasteiger partial charge in [-0.25, -0.2) is 8.42 Å². The maximum absolute atomic E-state index is 12.5. The first-order valence-corrected chi connectivity index (χ1v) is 11.6. The van der Waals surface area contributed by atoms with Gasteiger partial charge in [-0.1, -0.05) is 6.07 Å². The molecule has 0 amide bonds. The number of sulfone groups is 1. The van der Waals surface area contributed by atoms with E-state index in [0.717, 1.165) is 23.9 Å². The summed E-state index contributed by atoms with van der Waals surface area (Å²) in [6.07, 6.45) is 3.01. The third-order valence-corrected chi connectivity index (χ3v) is 8.45. The average molecular weight is 416 g/mol. The summed E-state index contributed by atoms with van der Waals surface area (Å²) in [6.45, 7) is 0.795. The Bertz CT molecular complexity index is 1200. The van der Waals surface area contributed by atoms with Gasteiger partial charge in [-0.15, -0.1) is 0 Å². The molecule has 0 spiro atoms. The van der Waals surface area contributed by atoms with E-state index in [0.29, 0.717) is 30.5 Å². The smallest absolute Gasteiger partial charge is 0.266 e. The first-order chi connectivity index (χ1) is 13.5. The summed E-state index contributed by atoms with van der Waals surface area (Å²) in [4.78, 5) is 17.1. The largest absolute Gasteiger partial charge is 0.508 e. The molecule has 29 heavy (non-hydrogen) atoms. The van der Waals surface area contributed by atoms with Crippen molar-refractivity contribution in [3.8, 4) is 5.75 Å². The van der Waals surface area contributed by atoms with Crippen molar-refractivity contribution in [2.75, 3.05) is 19.8 Å². The lowest BCUT2D eigenvalue weighted by atomic mass is 9.49. The summed E-state index contributed by atoms with van der Waals surface area (Å²) in [5.74, 6) is 0.157. The number of likely N-dealkylation sites (N-methyl/N-ethyl adjacent to an activating group) is 1. The fourth-order valence-electron chi connectivity index (χ4n) is 5.91. The van der Waals surface area contributed by atoms with Crippen molar-refractivity contribution in [2.24, 2.45) is 0 Å². The molecule has 8 heteroatoms. The standard InChI is InChI=1S/C21H24N2O5S/c1-23-6-5-20-11-16-13(7-17(19(25)22-16)29(2,27)28)10-21(20,26)18(23)8-12-3-4-14(24)9-15(12)20/h3-4,7,9,18,24,26H,5-6,8,10-11H2,1-2H3,(H,22,25)/t18-,20-,21-/m1/s1. The van der Waals surface area contributed by atoms with Crippen LogP contribution < -0.4 is 5.56 Å². The van der Waals surface area contributed by atoms with Gasteiger partial charge in [0.25, 0.3) is 5.56 Å². The van der Waals surface area contributed by atoms with Crippen LogP contribution in [0.15, 0.2) is 34.0 Å². The molecule has 5 rings (SSSR count). The van der Waals surface area contributed by atoms with E-state index in [2.05, 4.69) is 9.88 Å². The Morgan fingerprint density at radius 2 is 1.97 bits per heavy atom. The maximum atomic E-state index is 12.5. The molecule has 3 aliphatic rings. The van der Waals surface area contributed by atoms with E-state index in [1.165, 1.54) is 6.07 Å². The second-order valence-electron chi connectivity index (χ2n) is 8.89. The average Bonchev–Trinajstić information content (AvgIpc) is 2.62. The molecule has 7 nitrogen and oxygen atoms in total. The third-order valence-electron chi connectivity index (χ3n) is 7.34. The van der Waals surface area contributed by atoms with Crippen LogP contribution in [0, 0.1) is 0 Å². The molecule has 2 bridgehead atoms. The number of rotatable bonds is 1. The van der Waals surface area contributed by atoms with Gasteiger partial charge in [0.1, 0.15) is 10.6 Å². The molecule has 154 valence electrons. The van der Waals surface area contributed by atoms with Gasteiger partial charge in [0.05, 0.1) is 5.60 Å². The fraction of sp³-hybridized carbons (Fsp3) is 0.476. The number of aromatic hydroxyl groups is 1. The van der Waals surface area contributed by atoms with Gasteiger partial charge in [-0.3, -0.25) is 4.79 Å². The molecule has 0 saturated carbocycles. The van der Waals surface area contributed by atoms with Crippen LogP contribution in [0.25, 0.3) is 0 Å². The number of aliphatic hydroxyl groups is 1. The van der Waals surface area contributed by atoms with Crippen LogP contribution in [0.1, 0.15) is 28.8 Å². The highest BCUT2D eigenvalue weighted by Gasteiger charge is 2.64. The number of nitrogens with one attached hydrogen (secondary N) is 1. The molecule has 2 aromatic rings. The van der Waals surface area contributed by atoms with E-state index in [9.17, 15) is 23.4 Å². The minimum absolute atomic E-state index is 0.130. The lowest BCUT2D eigenvalue weighted by Gasteiger charge is -2.63. The third kappa shape index (κ3) is 2.42. The van der Waals surface area contributed by atoms with Gasteiger partial charge < -0.3 is 20.1 Å². The number of benzene rings is 1. The summed E-state index contributed by atoms with van der Waals surface area (Å²) in [5.41, 5.74) is 0.994. The summed E-state index contributed by atoms with van der Waals surface area (Å²) in [6, 6.07) is 6.64. The summed E-state index contributed by atoms with van der Waals surface area (Å²) in [7, 11) is -1.67. The second-order valence-corrected chi connectivity index (χ2v) is 10.9. The number of pyridine rings is 1. The summed E-state index contributed by atoms with van der Waals surface area (Å²) >= 11 is 0. The highest BCUT2D eigenvalue weighted by molar-refractivity contribution is 7.90. The molecule has 2 aliphatic carbocycles. The lowest BCUT2D eigenvalue weighted by molar-refractivity contribution is -0.145. The molecule has 0 radical (unpaired) electrons. The molecule has 1 aliphatic heterocycles. The van der Waals surface area contributed by atoms with Crippen LogP contribution in [0.2, 0.25) is 0 Å². The predicted molar refractivity (Wildman–Crippen MR) is 107 cm³/mol. The Morgan fingerprint density at radius 1 is 1.21 bits per heavy atom. The van der Waals surface area contributed by atoms with Gasteiger partial charge in [-0.2, -0.15) is 0 Å². The topological polar surface area (TPSA) is 111 Å². The van der Waals surface area contributed by atoms with Gasteiger partial charge in [0.15, 0.2) is 9.84 Å². The highest BCUT2D eigenvalue weighted by Crippen LogP contribution is 2.56. The van der Waals surface area contributed by atoms with Crippen LogP contribution in [0.3, 0.4) is 0 Å². The molecule has 3 atom stereocenters. The van der Waals surface area contributed by atoms with E-state index in [1.807, 2.05) is 13.1 Å². The van der Waals surface area contributed by atoms with Crippen molar-refractivity contribution in [3.05, 3.63) is 57.0 Å². The molecule has 1 aromatic heterocycles. The second kappa shape index (κ2) is 5.71. The molecule has 1 fully saturated rings. The zero-order valence-corrected chi connectivity index (χ0v) is 17.2. The molecule has 2 heterocycles. The number of aromatic nitrogens is 1. The van der Waals surface area contributed by atoms with Crippen molar-refractivity contribution >= 4 is 9.84 Å². The number of hydrogen-bond acceptors (Lipinski definition) is 6. The van der Waals surface area contributed by atoms with Gasteiger partial charge in [0, 0.05) is 36.2 Å². The number of phenols is 1. The molecule has 1 aromatic carbocycles. The minimum Gasteiger partial charge on any atom is -0.508 e. The first kappa shape index (κ1) is 18.8. The Kier molecular flexibility index (Phi) is 3.71.